The molecule has 1 aromatic heterocycles. The minimum atomic E-state index is -0.870. The molecule has 4 heteroatoms. The van der Waals surface area contributed by atoms with Gasteiger partial charge >= 0.3 is 5.97 Å². The molecular formula is C13H20N2O2. The Labute approximate surface area is 102 Å². The van der Waals surface area contributed by atoms with Crippen LogP contribution in [0.5, 0.6) is 0 Å². The van der Waals surface area contributed by atoms with Gasteiger partial charge in [0.25, 0.3) is 0 Å². The summed E-state index contributed by atoms with van der Waals surface area (Å²) in [4.78, 5) is 11.7. The Morgan fingerprint density at radius 1 is 1.47 bits per heavy atom. The zero-order chi connectivity index (χ0) is 12.7. The lowest BCUT2D eigenvalue weighted by molar-refractivity contribution is -0.154. The quantitative estimate of drug-likeness (QED) is 0.858. The number of carbonyl (C=O) groups is 1. The molecule has 0 amide bonds. The topological polar surface area (TPSA) is 55.1 Å². The largest absolute Gasteiger partial charge is 0.479 e. The Balaban J connectivity index is 2.45. The van der Waals surface area contributed by atoms with E-state index in [9.17, 15) is 9.90 Å². The van der Waals surface area contributed by atoms with Crippen LogP contribution in [0.2, 0.25) is 0 Å². The molecule has 2 atom stereocenters. The van der Waals surface area contributed by atoms with E-state index >= 15 is 0 Å². The highest BCUT2D eigenvalue weighted by atomic mass is 16.4. The normalized spacial score (nSPS) is 32.3. The van der Waals surface area contributed by atoms with Crippen LogP contribution in [0.15, 0.2) is 18.5 Å². The van der Waals surface area contributed by atoms with Gasteiger partial charge in [-0.15, -0.1) is 0 Å². The Kier molecular flexibility index (Phi) is 2.76. The summed E-state index contributed by atoms with van der Waals surface area (Å²) in [6.45, 7) is 6.41. The van der Waals surface area contributed by atoms with Gasteiger partial charge in [-0.1, -0.05) is 20.8 Å². The molecule has 0 aliphatic heterocycles. The highest BCUT2D eigenvalue weighted by molar-refractivity contribution is 5.77. The molecule has 0 aromatic carbocycles. The number of aliphatic carboxylic acids is 1. The minimum absolute atomic E-state index is 0.0437. The molecule has 1 N–H and O–H groups in total. The van der Waals surface area contributed by atoms with E-state index in [1.807, 2.05) is 0 Å². The monoisotopic (exact) mass is 236 g/mol. The standard InChI is InChI=1S/C13H20N2O2/c1-10-7-12(2,3)9-13(8-10,11(16)17)15-6-4-5-14-15/h4-6,10H,7-9H2,1-3H3,(H,16,17). The van der Waals surface area contributed by atoms with E-state index in [4.69, 9.17) is 0 Å². The summed E-state index contributed by atoms with van der Waals surface area (Å²) in [6, 6.07) is 1.79. The summed E-state index contributed by atoms with van der Waals surface area (Å²) in [5.41, 5.74) is -0.827. The van der Waals surface area contributed by atoms with Gasteiger partial charge < -0.3 is 5.11 Å². The van der Waals surface area contributed by atoms with Crippen LogP contribution in [-0.4, -0.2) is 20.9 Å². The maximum atomic E-state index is 11.7. The fourth-order valence-electron chi connectivity index (χ4n) is 3.49. The highest BCUT2D eigenvalue weighted by Crippen LogP contribution is 2.47. The van der Waals surface area contributed by atoms with E-state index in [-0.39, 0.29) is 5.41 Å². The second kappa shape index (κ2) is 3.86. The van der Waals surface area contributed by atoms with Gasteiger partial charge in [-0.2, -0.15) is 5.10 Å². The van der Waals surface area contributed by atoms with Crippen LogP contribution in [0.25, 0.3) is 0 Å². The fraction of sp³-hybridized carbons (Fsp3) is 0.692. The second-order valence-corrected chi connectivity index (χ2v) is 6.14. The lowest BCUT2D eigenvalue weighted by Gasteiger charge is -2.45. The number of aromatic nitrogens is 2. The maximum Gasteiger partial charge on any atom is 0.331 e. The molecule has 0 bridgehead atoms. The number of carboxylic acids is 1. The third-order valence-electron chi connectivity index (χ3n) is 3.70. The summed E-state index contributed by atoms with van der Waals surface area (Å²) >= 11 is 0. The number of hydrogen-bond acceptors (Lipinski definition) is 2. The van der Waals surface area contributed by atoms with Gasteiger partial charge in [-0.05, 0) is 36.7 Å². The van der Waals surface area contributed by atoms with E-state index in [1.165, 1.54) is 0 Å². The van der Waals surface area contributed by atoms with E-state index < -0.39 is 11.5 Å². The lowest BCUT2D eigenvalue weighted by Crippen LogP contribution is -2.50. The zero-order valence-electron chi connectivity index (χ0n) is 10.7. The molecule has 1 aromatic rings. The predicted octanol–water partition coefficient (Wildman–Crippen LogP) is 2.51. The molecule has 0 saturated heterocycles. The van der Waals surface area contributed by atoms with Crippen molar-refractivity contribution in [2.24, 2.45) is 11.3 Å². The van der Waals surface area contributed by atoms with Crippen molar-refractivity contribution in [1.29, 1.82) is 0 Å². The molecule has 1 aliphatic carbocycles. The predicted molar refractivity (Wildman–Crippen MR) is 64.6 cm³/mol. The van der Waals surface area contributed by atoms with Crippen molar-refractivity contribution < 1.29 is 9.90 Å². The first kappa shape index (κ1) is 12.1. The van der Waals surface area contributed by atoms with Crippen LogP contribution in [0, 0.1) is 11.3 Å². The summed E-state index contributed by atoms with van der Waals surface area (Å²) < 4.78 is 1.63. The van der Waals surface area contributed by atoms with Crippen LogP contribution in [-0.2, 0) is 10.3 Å². The number of carboxylic acid groups (broad SMARTS) is 1. The number of rotatable bonds is 2. The van der Waals surface area contributed by atoms with Crippen molar-refractivity contribution in [2.45, 2.75) is 45.6 Å². The Morgan fingerprint density at radius 3 is 2.65 bits per heavy atom. The van der Waals surface area contributed by atoms with Crippen LogP contribution in [0.4, 0.5) is 0 Å². The van der Waals surface area contributed by atoms with Gasteiger partial charge in [-0.25, -0.2) is 4.79 Å². The first-order chi connectivity index (χ1) is 7.86. The molecule has 2 unspecified atom stereocenters. The number of nitrogens with zero attached hydrogens (tertiary/aromatic N) is 2. The van der Waals surface area contributed by atoms with E-state index in [2.05, 4.69) is 25.9 Å². The molecule has 1 heterocycles. The van der Waals surface area contributed by atoms with E-state index in [0.29, 0.717) is 18.8 Å². The summed E-state index contributed by atoms with van der Waals surface area (Å²) in [5, 5.41) is 13.8. The van der Waals surface area contributed by atoms with Crippen LogP contribution < -0.4 is 0 Å². The molecule has 1 saturated carbocycles. The first-order valence-electron chi connectivity index (χ1n) is 6.09. The lowest BCUT2D eigenvalue weighted by atomic mass is 9.64. The third-order valence-corrected chi connectivity index (χ3v) is 3.70. The van der Waals surface area contributed by atoms with Crippen molar-refractivity contribution in [1.82, 2.24) is 9.78 Å². The molecule has 2 rings (SSSR count). The molecule has 1 aliphatic rings. The Morgan fingerprint density at radius 2 is 2.18 bits per heavy atom. The van der Waals surface area contributed by atoms with Crippen molar-refractivity contribution in [3.8, 4) is 0 Å². The van der Waals surface area contributed by atoms with Crippen molar-refractivity contribution >= 4 is 5.97 Å². The summed E-state index contributed by atoms with van der Waals surface area (Å²) in [5.74, 6) is -0.361. The average Bonchev–Trinajstić information content (AvgIpc) is 2.66. The van der Waals surface area contributed by atoms with Crippen LogP contribution in [0.3, 0.4) is 0 Å². The van der Waals surface area contributed by atoms with Gasteiger partial charge in [0.15, 0.2) is 5.54 Å². The molecule has 1 fully saturated rings. The summed E-state index contributed by atoms with van der Waals surface area (Å²) in [6.07, 6.45) is 5.79. The molecule has 17 heavy (non-hydrogen) atoms. The van der Waals surface area contributed by atoms with Gasteiger partial charge in [0, 0.05) is 12.4 Å². The van der Waals surface area contributed by atoms with Crippen LogP contribution in [0.1, 0.15) is 40.0 Å². The van der Waals surface area contributed by atoms with Crippen molar-refractivity contribution in [2.75, 3.05) is 0 Å². The minimum Gasteiger partial charge on any atom is -0.479 e. The van der Waals surface area contributed by atoms with Crippen molar-refractivity contribution in [3.05, 3.63) is 18.5 Å². The summed E-state index contributed by atoms with van der Waals surface area (Å²) in [7, 11) is 0. The first-order valence-corrected chi connectivity index (χ1v) is 6.09. The molecule has 4 nitrogen and oxygen atoms in total. The SMILES string of the molecule is CC1CC(C)(C)CC(C(=O)O)(n2cccn2)C1. The van der Waals surface area contributed by atoms with Gasteiger partial charge in [0.05, 0.1) is 0 Å². The highest BCUT2D eigenvalue weighted by Gasteiger charge is 2.50. The second-order valence-electron chi connectivity index (χ2n) is 6.14. The molecule has 94 valence electrons. The zero-order valence-corrected chi connectivity index (χ0v) is 10.7. The van der Waals surface area contributed by atoms with E-state index in [1.54, 1.807) is 23.1 Å². The smallest absolute Gasteiger partial charge is 0.331 e. The molecule has 0 radical (unpaired) electrons. The van der Waals surface area contributed by atoms with E-state index in [0.717, 1.165) is 6.42 Å². The fourth-order valence-corrected chi connectivity index (χ4v) is 3.49. The maximum absolute atomic E-state index is 11.7. The Hall–Kier alpha value is -1.32. The molecule has 0 spiro atoms. The number of hydrogen-bond donors (Lipinski definition) is 1. The van der Waals surface area contributed by atoms with Crippen LogP contribution >= 0.6 is 0 Å². The average molecular weight is 236 g/mol. The molecular weight excluding hydrogens is 216 g/mol. The van der Waals surface area contributed by atoms with Gasteiger partial charge in [0.1, 0.15) is 0 Å². The van der Waals surface area contributed by atoms with Crippen molar-refractivity contribution in [3.63, 3.8) is 0 Å². The van der Waals surface area contributed by atoms with Gasteiger partial charge in [-0.3, -0.25) is 4.68 Å². The van der Waals surface area contributed by atoms with Gasteiger partial charge in [0.2, 0.25) is 0 Å². The Bertz CT molecular complexity index is 411. The third kappa shape index (κ3) is 2.08.